The molecule has 158 valence electrons. The highest BCUT2D eigenvalue weighted by Gasteiger charge is 2.30. The third kappa shape index (κ3) is 4.32. The molecule has 3 aromatic rings. The van der Waals surface area contributed by atoms with Crippen LogP contribution in [0, 0.1) is 12.8 Å². The van der Waals surface area contributed by atoms with Gasteiger partial charge in [0.05, 0.1) is 26.5 Å². The summed E-state index contributed by atoms with van der Waals surface area (Å²) < 4.78 is 9.42. The molecule has 0 bridgehead atoms. The van der Waals surface area contributed by atoms with E-state index in [0.29, 0.717) is 44.8 Å². The Morgan fingerprint density at radius 1 is 1.20 bits per heavy atom. The summed E-state index contributed by atoms with van der Waals surface area (Å²) in [6, 6.07) is 12.5. The summed E-state index contributed by atoms with van der Waals surface area (Å²) >= 11 is 5.21. The number of carbonyl (C=O) groups is 2. The van der Waals surface area contributed by atoms with Crippen molar-refractivity contribution in [2.45, 2.75) is 33.2 Å². The number of likely N-dealkylation sites (tertiary alicyclic amines) is 1. The van der Waals surface area contributed by atoms with Gasteiger partial charge in [-0.15, -0.1) is 11.3 Å². The zero-order valence-electron chi connectivity index (χ0n) is 17.2. The quantitative estimate of drug-likeness (QED) is 0.461. The Bertz CT molecular complexity index is 1080. The van der Waals surface area contributed by atoms with E-state index in [4.69, 9.17) is 4.74 Å². The average Bonchev–Trinajstić information content (AvgIpc) is 3.25. The molecule has 30 heavy (non-hydrogen) atoms. The van der Waals surface area contributed by atoms with Crippen molar-refractivity contribution in [3.05, 3.63) is 57.0 Å². The molecular formula is C23H25BrN2O3S. The maximum absolute atomic E-state index is 13.4. The van der Waals surface area contributed by atoms with Crippen LogP contribution in [0.25, 0.3) is 10.2 Å². The molecule has 1 fully saturated rings. The molecule has 0 aliphatic carbocycles. The fraction of sp³-hybridized carbons (Fsp3) is 0.391. The van der Waals surface area contributed by atoms with Gasteiger partial charge >= 0.3 is 5.97 Å². The van der Waals surface area contributed by atoms with Gasteiger partial charge in [0.25, 0.3) is 5.91 Å². The van der Waals surface area contributed by atoms with Crippen LogP contribution in [0.15, 0.2) is 40.2 Å². The van der Waals surface area contributed by atoms with Gasteiger partial charge in [-0.1, -0.05) is 29.8 Å². The lowest BCUT2D eigenvalue weighted by Gasteiger charge is -2.31. The van der Waals surface area contributed by atoms with Gasteiger partial charge in [0.15, 0.2) is 0 Å². The number of piperidine rings is 1. The van der Waals surface area contributed by atoms with Crippen LogP contribution in [-0.4, -0.2) is 41.0 Å². The smallest absolute Gasteiger partial charge is 0.309 e. The zero-order valence-corrected chi connectivity index (χ0v) is 19.6. The molecule has 1 aliphatic heterocycles. The maximum Gasteiger partial charge on any atom is 0.309 e. The van der Waals surface area contributed by atoms with Crippen LogP contribution in [0.4, 0.5) is 0 Å². The summed E-state index contributed by atoms with van der Waals surface area (Å²) in [7, 11) is 0. The monoisotopic (exact) mass is 488 g/mol. The number of hydrogen-bond acceptors (Lipinski definition) is 4. The van der Waals surface area contributed by atoms with Gasteiger partial charge in [-0.3, -0.25) is 9.59 Å². The number of fused-ring (bicyclic) bond motifs is 1. The average molecular weight is 489 g/mol. The first-order chi connectivity index (χ1) is 14.5. The van der Waals surface area contributed by atoms with Crippen LogP contribution >= 0.6 is 27.3 Å². The highest BCUT2D eigenvalue weighted by Crippen LogP contribution is 2.34. The van der Waals surface area contributed by atoms with E-state index in [-0.39, 0.29) is 17.8 Å². The molecule has 7 heteroatoms. The molecule has 1 amide bonds. The lowest BCUT2D eigenvalue weighted by Crippen LogP contribution is -2.41. The number of aryl methyl sites for hydroxylation is 1. The predicted molar refractivity (Wildman–Crippen MR) is 123 cm³/mol. The minimum absolute atomic E-state index is 0.0319. The first kappa shape index (κ1) is 21.1. The van der Waals surface area contributed by atoms with Crippen LogP contribution in [0.2, 0.25) is 0 Å². The highest BCUT2D eigenvalue weighted by atomic mass is 79.9. The summed E-state index contributed by atoms with van der Waals surface area (Å²) in [6.07, 6.45) is 1.31. The Morgan fingerprint density at radius 3 is 2.67 bits per heavy atom. The molecule has 0 spiro atoms. The van der Waals surface area contributed by atoms with E-state index in [1.54, 1.807) is 11.3 Å². The van der Waals surface area contributed by atoms with Gasteiger partial charge in [-0.2, -0.15) is 0 Å². The molecular weight excluding hydrogens is 464 g/mol. The van der Waals surface area contributed by atoms with Gasteiger partial charge in [-0.05, 0) is 60.3 Å². The lowest BCUT2D eigenvalue weighted by molar-refractivity contribution is -0.149. The number of esters is 1. The minimum atomic E-state index is -0.141. The Morgan fingerprint density at radius 2 is 1.97 bits per heavy atom. The van der Waals surface area contributed by atoms with E-state index in [1.165, 1.54) is 11.1 Å². The van der Waals surface area contributed by atoms with Crippen LogP contribution in [0.3, 0.4) is 0 Å². The summed E-state index contributed by atoms with van der Waals surface area (Å²) in [5.41, 5.74) is 4.15. The molecule has 0 saturated carbocycles. The number of hydrogen-bond donors (Lipinski definition) is 0. The molecule has 0 N–H and O–H groups in total. The van der Waals surface area contributed by atoms with Gasteiger partial charge in [-0.25, -0.2) is 0 Å². The van der Waals surface area contributed by atoms with Crippen LogP contribution in [-0.2, 0) is 16.1 Å². The normalized spacial score (nSPS) is 15.0. The van der Waals surface area contributed by atoms with Crippen LogP contribution in [0.1, 0.15) is 41.4 Å². The number of benzene rings is 1. The molecule has 5 nitrogen and oxygen atoms in total. The van der Waals surface area contributed by atoms with E-state index in [9.17, 15) is 9.59 Å². The number of carbonyl (C=O) groups excluding carboxylic acids is 2. The first-order valence-electron chi connectivity index (χ1n) is 10.3. The van der Waals surface area contributed by atoms with Crippen molar-refractivity contribution in [3.63, 3.8) is 0 Å². The number of thiophene rings is 1. The Balaban J connectivity index is 1.58. The van der Waals surface area contributed by atoms with Crippen molar-refractivity contribution >= 4 is 49.4 Å². The number of ether oxygens (including phenoxy) is 1. The summed E-state index contributed by atoms with van der Waals surface area (Å²) in [6.45, 7) is 6.11. The van der Waals surface area contributed by atoms with Crippen molar-refractivity contribution in [1.82, 2.24) is 9.47 Å². The summed E-state index contributed by atoms with van der Waals surface area (Å²) in [4.78, 5) is 27.3. The minimum Gasteiger partial charge on any atom is -0.466 e. The fourth-order valence-electron chi connectivity index (χ4n) is 4.09. The molecule has 1 saturated heterocycles. The third-order valence-electron chi connectivity index (χ3n) is 5.60. The van der Waals surface area contributed by atoms with Crippen molar-refractivity contribution in [2.75, 3.05) is 19.7 Å². The van der Waals surface area contributed by atoms with Crippen molar-refractivity contribution in [3.8, 4) is 0 Å². The number of nitrogens with zero attached hydrogens (tertiary/aromatic N) is 2. The van der Waals surface area contributed by atoms with Crippen molar-refractivity contribution in [1.29, 1.82) is 0 Å². The Labute approximate surface area is 188 Å². The molecule has 4 rings (SSSR count). The predicted octanol–water partition coefficient (Wildman–Crippen LogP) is 5.24. The Hall–Kier alpha value is -2.12. The molecule has 3 heterocycles. The number of halogens is 1. The molecule has 1 aromatic carbocycles. The van der Waals surface area contributed by atoms with E-state index in [0.717, 1.165) is 14.0 Å². The Kier molecular flexibility index (Phi) is 6.29. The highest BCUT2D eigenvalue weighted by molar-refractivity contribution is 9.11. The second kappa shape index (κ2) is 8.94. The summed E-state index contributed by atoms with van der Waals surface area (Å²) in [5.74, 6) is -0.213. The van der Waals surface area contributed by atoms with Crippen molar-refractivity contribution < 1.29 is 14.3 Å². The summed E-state index contributed by atoms with van der Waals surface area (Å²) in [5, 5.41) is 0. The van der Waals surface area contributed by atoms with Gasteiger partial charge < -0.3 is 14.2 Å². The van der Waals surface area contributed by atoms with E-state index < -0.39 is 0 Å². The molecule has 1 aliphatic rings. The molecule has 2 aromatic heterocycles. The second-order valence-electron chi connectivity index (χ2n) is 7.72. The van der Waals surface area contributed by atoms with Crippen LogP contribution in [0.5, 0.6) is 0 Å². The van der Waals surface area contributed by atoms with E-state index in [2.05, 4.69) is 57.8 Å². The molecule has 0 unspecified atom stereocenters. The van der Waals surface area contributed by atoms with Gasteiger partial charge in [0.2, 0.25) is 0 Å². The second-order valence-corrected chi connectivity index (χ2v) is 10.2. The molecule has 0 radical (unpaired) electrons. The van der Waals surface area contributed by atoms with Gasteiger partial charge in [0.1, 0.15) is 5.69 Å². The lowest BCUT2D eigenvalue weighted by atomic mass is 9.97. The van der Waals surface area contributed by atoms with Crippen LogP contribution < -0.4 is 0 Å². The maximum atomic E-state index is 13.4. The number of amides is 1. The van der Waals surface area contributed by atoms with Gasteiger partial charge in [0, 0.05) is 19.6 Å². The molecule has 0 atom stereocenters. The number of aromatic nitrogens is 1. The van der Waals surface area contributed by atoms with E-state index >= 15 is 0 Å². The SMILES string of the molecule is CCOC(=O)C1CCN(C(=O)c2cc3sc(Br)cc3n2Cc2cccc(C)c2)CC1. The fourth-order valence-corrected chi connectivity index (χ4v) is 5.66. The van der Waals surface area contributed by atoms with E-state index in [1.807, 2.05) is 17.9 Å². The third-order valence-corrected chi connectivity index (χ3v) is 7.18. The topological polar surface area (TPSA) is 51.5 Å². The number of rotatable bonds is 5. The van der Waals surface area contributed by atoms with Crippen molar-refractivity contribution in [2.24, 2.45) is 5.92 Å². The first-order valence-corrected chi connectivity index (χ1v) is 11.9. The zero-order chi connectivity index (χ0) is 21.3. The standard InChI is InChI=1S/C23H25BrN2O3S/c1-3-29-23(28)17-7-9-25(10-8-17)22(27)19-12-20-18(13-21(24)30-20)26(19)14-16-6-4-5-15(2)11-16/h4-6,11-13,17H,3,7-10,14H2,1-2H3. The largest absolute Gasteiger partial charge is 0.466 e.